The molecule has 0 atom stereocenters. The number of aliphatic hydroxyl groups is 1. The second-order valence-electron chi connectivity index (χ2n) is 2.96. The van der Waals surface area contributed by atoms with E-state index >= 15 is 0 Å². The third-order valence-corrected chi connectivity index (χ3v) is 1.82. The predicted octanol–water partition coefficient (Wildman–Crippen LogP) is 0.931. The van der Waals surface area contributed by atoms with Crippen LogP contribution in [0.5, 0.6) is 5.75 Å². The molecule has 0 fully saturated rings. The Bertz CT molecular complexity index is 327. The number of carboxylic acid groups (broad SMARTS) is 1. The summed E-state index contributed by atoms with van der Waals surface area (Å²) in [5.74, 6) is -0.766. The van der Waals surface area contributed by atoms with Gasteiger partial charge >= 0.3 is 5.97 Å². The Labute approximate surface area is 87.3 Å². The van der Waals surface area contributed by atoms with Gasteiger partial charge in [0, 0.05) is 12.8 Å². The standard InChI is InChI=1S/C10H13NO4/c12-5-1-2-6-15-9-7-11-4-3-8(9)10(13)14/h3-4,7,12H,1-2,5-6H2,(H,13,14). The fourth-order valence-electron chi connectivity index (χ4n) is 1.07. The van der Waals surface area contributed by atoms with Crippen molar-refractivity contribution in [2.45, 2.75) is 12.8 Å². The molecule has 0 amide bonds. The SMILES string of the molecule is O=C(O)c1ccncc1OCCCCO. The second kappa shape index (κ2) is 5.98. The average molecular weight is 211 g/mol. The molecule has 0 saturated carbocycles. The van der Waals surface area contributed by atoms with Crippen molar-refractivity contribution in [1.82, 2.24) is 4.98 Å². The van der Waals surface area contributed by atoms with Gasteiger partial charge in [0.25, 0.3) is 0 Å². The van der Waals surface area contributed by atoms with Crippen molar-refractivity contribution in [3.8, 4) is 5.75 Å². The van der Waals surface area contributed by atoms with E-state index in [1.165, 1.54) is 18.5 Å². The van der Waals surface area contributed by atoms with Crippen molar-refractivity contribution >= 4 is 5.97 Å². The van der Waals surface area contributed by atoms with Crippen molar-refractivity contribution in [3.05, 3.63) is 24.0 Å². The molecule has 1 heterocycles. The number of pyridine rings is 1. The number of unbranched alkanes of at least 4 members (excludes halogenated alkanes) is 1. The van der Waals surface area contributed by atoms with Crippen LogP contribution < -0.4 is 4.74 Å². The number of carboxylic acids is 1. The third kappa shape index (κ3) is 3.55. The van der Waals surface area contributed by atoms with Gasteiger partial charge in [-0.05, 0) is 18.9 Å². The minimum absolute atomic E-state index is 0.106. The van der Waals surface area contributed by atoms with E-state index < -0.39 is 5.97 Å². The average Bonchev–Trinajstić information content (AvgIpc) is 2.25. The van der Waals surface area contributed by atoms with Gasteiger partial charge in [0.2, 0.25) is 0 Å². The molecule has 1 rings (SSSR count). The molecule has 1 aromatic rings. The highest BCUT2D eigenvalue weighted by atomic mass is 16.5. The number of aliphatic hydroxyl groups excluding tert-OH is 1. The summed E-state index contributed by atoms with van der Waals surface area (Å²) in [6, 6.07) is 1.39. The molecule has 0 bridgehead atoms. The summed E-state index contributed by atoms with van der Waals surface area (Å²) >= 11 is 0. The Morgan fingerprint density at radius 2 is 2.27 bits per heavy atom. The molecule has 2 N–H and O–H groups in total. The number of nitrogens with zero attached hydrogens (tertiary/aromatic N) is 1. The van der Waals surface area contributed by atoms with Crippen molar-refractivity contribution in [1.29, 1.82) is 0 Å². The van der Waals surface area contributed by atoms with E-state index in [1.807, 2.05) is 0 Å². The van der Waals surface area contributed by atoms with Gasteiger partial charge in [-0.1, -0.05) is 0 Å². The fraction of sp³-hybridized carbons (Fsp3) is 0.400. The first-order chi connectivity index (χ1) is 7.25. The molecule has 0 aliphatic rings. The number of hydrogen-bond donors (Lipinski definition) is 2. The van der Waals surface area contributed by atoms with Crippen molar-refractivity contribution < 1.29 is 19.7 Å². The van der Waals surface area contributed by atoms with E-state index in [2.05, 4.69) is 4.98 Å². The Morgan fingerprint density at radius 3 is 2.93 bits per heavy atom. The lowest BCUT2D eigenvalue weighted by Crippen LogP contribution is -2.05. The van der Waals surface area contributed by atoms with Crippen LogP contribution in [0.25, 0.3) is 0 Å². The monoisotopic (exact) mass is 211 g/mol. The highest BCUT2D eigenvalue weighted by molar-refractivity contribution is 5.90. The summed E-state index contributed by atoms with van der Waals surface area (Å²) in [4.78, 5) is 14.6. The van der Waals surface area contributed by atoms with Gasteiger partial charge in [-0.25, -0.2) is 4.79 Å². The summed E-state index contributed by atoms with van der Waals surface area (Å²) in [5.41, 5.74) is 0.106. The van der Waals surface area contributed by atoms with Gasteiger partial charge in [-0.3, -0.25) is 4.98 Å². The molecule has 0 spiro atoms. The molecule has 0 aliphatic carbocycles. The number of carbonyl (C=O) groups is 1. The van der Waals surface area contributed by atoms with Crippen molar-refractivity contribution in [2.24, 2.45) is 0 Å². The van der Waals surface area contributed by atoms with E-state index in [0.29, 0.717) is 19.4 Å². The van der Waals surface area contributed by atoms with E-state index in [-0.39, 0.29) is 17.9 Å². The van der Waals surface area contributed by atoms with Crippen LogP contribution in [0, 0.1) is 0 Å². The number of aromatic carboxylic acids is 1. The Hall–Kier alpha value is -1.62. The summed E-state index contributed by atoms with van der Waals surface area (Å²) < 4.78 is 5.25. The van der Waals surface area contributed by atoms with Gasteiger partial charge in [0.15, 0.2) is 5.75 Å². The summed E-state index contributed by atoms with van der Waals surface area (Å²) in [5, 5.41) is 17.4. The lowest BCUT2D eigenvalue weighted by atomic mass is 10.2. The van der Waals surface area contributed by atoms with Crippen molar-refractivity contribution in [3.63, 3.8) is 0 Å². The maximum atomic E-state index is 10.8. The third-order valence-electron chi connectivity index (χ3n) is 1.82. The molecule has 0 aromatic carbocycles. The van der Waals surface area contributed by atoms with Gasteiger partial charge in [-0.2, -0.15) is 0 Å². The molecule has 0 radical (unpaired) electrons. The Kier molecular flexibility index (Phi) is 4.56. The number of aromatic nitrogens is 1. The van der Waals surface area contributed by atoms with Gasteiger partial charge in [0.05, 0.1) is 12.8 Å². The van der Waals surface area contributed by atoms with Gasteiger partial charge in [-0.15, -0.1) is 0 Å². The van der Waals surface area contributed by atoms with Crippen LogP contribution in [0.1, 0.15) is 23.2 Å². The molecule has 15 heavy (non-hydrogen) atoms. The minimum Gasteiger partial charge on any atom is -0.491 e. The molecule has 1 aromatic heterocycles. The molecular weight excluding hydrogens is 198 g/mol. The first kappa shape index (κ1) is 11.5. The van der Waals surface area contributed by atoms with Crippen LogP contribution in [0.15, 0.2) is 18.5 Å². The number of rotatable bonds is 6. The van der Waals surface area contributed by atoms with Crippen LogP contribution in [-0.2, 0) is 0 Å². The summed E-state index contributed by atoms with van der Waals surface area (Å²) in [7, 11) is 0. The zero-order chi connectivity index (χ0) is 11.1. The van der Waals surface area contributed by atoms with Crippen LogP contribution in [-0.4, -0.2) is 34.4 Å². The van der Waals surface area contributed by atoms with Crippen LogP contribution in [0.3, 0.4) is 0 Å². The van der Waals surface area contributed by atoms with E-state index in [9.17, 15) is 4.79 Å². The molecule has 5 nitrogen and oxygen atoms in total. The normalized spacial score (nSPS) is 9.93. The molecule has 0 saturated heterocycles. The van der Waals surface area contributed by atoms with Crippen LogP contribution in [0.4, 0.5) is 0 Å². The van der Waals surface area contributed by atoms with Gasteiger partial charge < -0.3 is 14.9 Å². The molecular formula is C10H13NO4. The molecule has 5 heteroatoms. The molecule has 82 valence electrons. The number of hydrogen-bond acceptors (Lipinski definition) is 4. The zero-order valence-electron chi connectivity index (χ0n) is 8.22. The molecule has 0 aliphatic heterocycles. The maximum absolute atomic E-state index is 10.8. The van der Waals surface area contributed by atoms with Gasteiger partial charge in [0.1, 0.15) is 5.56 Å². The first-order valence-corrected chi connectivity index (χ1v) is 4.66. The zero-order valence-corrected chi connectivity index (χ0v) is 8.22. The highest BCUT2D eigenvalue weighted by Crippen LogP contribution is 2.16. The first-order valence-electron chi connectivity index (χ1n) is 4.66. The van der Waals surface area contributed by atoms with E-state index in [0.717, 1.165) is 0 Å². The maximum Gasteiger partial charge on any atom is 0.339 e. The Balaban J connectivity index is 2.56. The largest absolute Gasteiger partial charge is 0.491 e. The van der Waals surface area contributed by atoms with E-state index in [4.69, 9.17) is 14.9 Å². The highest BCUT2D eigenvalue weighted by Gasteiger charge is 2.10. The summed E-state index contributed by atoms with van der Waals surface area (Å²) in [6.07, 6.45) is 4.11. The second-order valence-corrected chi connectivity index (χ2v) is 2.96. The lowest BCUT2D eigenvalue weighted by Gasteiger charge is -2.07. The van der Waals surface area contributed by atoms with Crippen LogP contribution >= 0.6 is 0 Å². The summed E-state index contributed by atoms with van der Waals surface area (Å²) in [6.45, 7) is 0.495. The number of ether oxygens (including phenoxy) is 1. The molecule has 0 unspecified atom stereocenters. The minimum atomic E-state index is -1.03. The van der Waals surface area contributed by atoms with Crippen molar-refractivity contribution in [2.75, 3.05) is 13.2 Å². The predicted molar refractivity (Wildman–Crippen MR) is 53.0 cm³/mol. The fourth-order valence-corrected chi connectivity index (χ4v) is 1.07. The Morgan fingerprint density at radius 1 is 1.47 bits per heavy atom. The topological polar surface area (TPSA) is 79.7 Å². The quantitative estimate of drug-likeness (QED) is 0.684. The van der Waals surface area contributed by atoms with E-state index in [1.54, 1.807) is 0 Å². The van der Waals surface area contributed by atoms with Crippen LogP contribution in [0.2, 0.25) is 0 Å². The lowest BCUT2D eigenvalue weighted by molar-refractivity contribution is 0.0691. The smallest absolute Gasteiger partial charge is 0.339 e.